The van der Waals surface area contributed by atoms with Crippen LogP contribution in [-0.4, -0.2) is 29.5 Å². The van der Waals surface area contributed by atoms with E-state index in [1.165, 1.54) is 12.1 Å². The molecule has 1 heterocycles. The molecule has 1 amide bonds. The van der Waals surface area contributed by atoms with Gasteiger partial charge >= 0.3 is 6.36 Å². The van der Waals surface area contributed by atoms with Crippen molar-refractivity contribution in [1.29, 1.82) is 5.26 Å². The molecule has 3 aromatic rings. The molecular formula is C21H18F3N3O3. The Balaban J connectivity index is 1.77. The Morgan fingerprint density at radius 3 is 2.47 bits per heavy atom. The second-order valence-electron chi connectivity index (χ2n) is 6.81. The number of carbonyl (C=O) groups is 1. The van der Waals surface area contributed by atoms with E-state index in [0.717, 1.165) is 23.0 Å². The summed E-state index contributed by atoms with van der Waals surface area (Å²) in [5.74, 6) is -0.336. The van der Waals surface area contributed by atoms with Crippen molar-refractivity contribution in [3.8, 4) is 17.6 Å². The summed E-state index contributed by atoms with van der Waals surface area (Å²) in [4.78, 5) is 12.6. The number of hydrogen-bond donors (Lipinski definition) is 1. The smallest absolute Gasteiger partial charge is 0.496 e. The van der Waals surface area contributed by atoms with Gasteiger partial charge in [-0.1, -0.05) is 6.07 Å². The molecule has 0 aliphatic rings. The molecule has 30 heavy (non-hydrogen) atoms. The van der Waals surface area contributed by atoms with Crippen LogP contribution in [0.4, 0.5) is 13.2 Å². The molecule has 3 rings (SSSR count). The van der Waals surface area contributed by atoms with Gasteiger partial charge in [-0.15, -0.1) is 13.2 Å². The van der Waals surface area contributed by atoms with E-state index in [4.69, 9.17) is 4.74 Å². The van der Waals surface area contributed by atoms with Crippen molar-refractivity contribution in [2.24, 2.45) is 0 Å². The first-order valence-corrected chi connectivity index (χ1v) is 8.85. The number of nitriles is 1. The van der Waals surface area contributed by atoms with E-state index in [0.29, 0.717) is 5.75 Å². The summed E-state index contributed by atoms with van der Waals surface area (Å²) >= 11 is 0. The minimum Gasteiger partial charge on any atom is -0.496 e. The van der Waals surface area contributed by atoms with Crippen LogP contribution in [0.3, 0.4) is 0 Å². The van der Waals surface area contributed by atoms with Gasteiger partial charge in [0, 0.05) is 17.1 Å². The van der Waals surface area contributed by atoms with Crippen molar-refractivity contribution in [2.75, 3.05) is 7.11 Å². The van der Waals surface area contributed by atoms with Crippen LogP contribution in [0.25, 0.3) is 10.9 Å². The number of hydrogen-bond acceptors (Lipinski definition) is 4. The van der Waals surface area contributed by atoms with E-state index in [-0.39, 0.29) is 12.1 Å². The number of benzene rings is 2. The van der Waals surface area contributed by atoms with Crippen LogP contribution in [0.2, 0.25) is 0 Å². The number of ether oxygens (including phenoxy) is 2. The third-order valence-electron chi connectivity index (χ3n) is 4.47. The Labute approximate surface area is 170 Å². The average molecular weight is 417 g/mol. The zero-order chi connectivity index (χ0) is 21.9. The number of carbonyl (C=O) groups excluding carboxylic acids is 1. The molecule has 1 unspecified atom stereocenters. The van der Waals surface area contributed by atoms with Crippen LogP contribution in [0.1, 0.15) is 17.3 Å². The molecule has 1 N–H and O–H groups in total. The standard InChI is InChI=1S/C21H18F3N3O3/c1-20(12-25,13-27-11-10-16-17(27)4-3-5-18(16)29-2)26-19(28)14-6-8-15(9-7-14)30-21(22,23)24/h3-11H,13H2,1-2H3,(H,26,28). The lowest BCUT2D eigenvalue weighted by Gasteiger charge is -2.24. The van der Waals surface area contributed by atoms with Gasteiger partial charge in [-0.05, 0) is 49.4 Å². The Hall–Kier alpha value is -3.67. The average Bonchev–Trinajstić information content (AvgIpc) is 3.10. The van der Waals surface area contributed by atoms with Gasteiger partial charge in [-0.2, -0.15) is 5.26 Å². The van der Waals surface area contributed by atoms with Crippen molar-refractivity contribution < 1.29 is 27.4 Å². The third-order valence-corrected chi connectivity index (χ3v) is 4.47. The zero-order valence-corrected chi connectivity index (χ0v) is 16.2. The van der Waals surface area contributed by atoms with Crippen molar-refractivity contribution in [3.05, 3.63) is 60.3 Å². The van der Waals surface area contributed by atoms with Gasteiger partial charge in [0.1, 0.15) is 17.0 Å². The number of nitrogens with zero attached hydrogens (tertiary/aromatic N) is 2. The van der Waals surface area contributed by atoms with Gasteiger partial charge in [0.2, 0.25) is 0 Å². The van der Waals surface area contributed by atoms with E-state index < -0.39 is 23.6 Å². The summed E-state index contributed by atoms with van der Waals surface area (Å²) in [6.45, 7) is 1.72. The predicted octanol–water partition coefficient (Wildman–Crippen LogP) is 4.26. The predicted molar refractivity (Wildman–Crippen MR) is 103 cm³/mol. The van der Waals surface area contributed by atoms with Crippen LogP contribution in [0.15, 0.2) is 54.7 Å². The maximum Gasteiger partial charge on any atom is 0.573 e. The van der Waals surface area contributed by atoms with E-state index in [1.807, 2.05) is 28.8 Å². The van der Waals surface area contributed by atoms with Crippen LogP contribution in [0.5, 0.6) is 11.5 Å². The summed E-state index contributed by atoms with van der Waals surface area (Å²) in [6, 6.07) is 13.9. The van der Waals surface area contributed by atoms with Gasteiger partial charge in [0.25, 0.3) is 5.91 Å². The summed E-state index contributed by atoms with van der Waals surface area (Å²) in [6.07, 6.45) is -3.02. The first-order valence-electron chi connectivity index (χ1n) is 8.85. The number of fused-ring (bicyclic) bond motifs is 1. The lowest BCUT2D eigenvalue weighted by atomic mass is 10.0. The Bertz CT molecular complexity index is 1100. The molecule has 6 nitrogen and oxygen atoms in total. The highest BCUT2D eigenvalue weighted by Gasteiger charge is 2.31. The molecule has 0 spiro atoms. The minimum atomic E-state index is -4.81. The molecule has 156 valence electrons. The lowest BCUT2D eigenvalue weighted by molar-refractivity contribution is -0.274. The molecular weight excluding hydrogens is 399 g/mol. The number of nitrogens with one attached hydrogen (secondary N) is 1. The maximum atomic E-state index is 12.6. The molecule has 0 fully saturated rings. The number of methoxy groups -OCH3 is 1. The van der Waals surface area contributed by atoms with Crippen molar-refractivity contribution >= 4 is 16.8 Å². The SMILES string of the molecule is COc1cccc2c1ccn2CC(C)(C#N)NC(=O)c1ccc(OC(F)(F)F)cc1. The van der Waals surface area contributed by atoms with Gasteiger partial charge in [-0.25, -0.2) is 0 Å². The quantitative estimate of drug-likeness (QED) is 0.650. The van der Waals surface area contributed by atoms with E-state index >= 15 is 0 Å². The van der Waals surface area contributed by atoms with E-state index in [9.17, 15) is 23.2 Å². The molecule has 0 bridgehead atoms. The highest BCUT2D eigenvalue weighted by atomic mass is 19.4. The van der Waals surface area contributed by atoms with E-state index in [2.05, 4.69) is 16.1 Å². The minimum absolute atomic E-state index is 0.102. The monoisotopic (exact) mass is 417 g/mol. The molecule has 1 aromatic heterocycles. The fourth-order valence-electron chi connectivity index (χ4n) is 3.09. The van der Waals surface area contributed by atoms with Crippen LogP contribution in [-0.2, 0) is 6.54 Å². The highest BCUT2D eigenvalue weighted by molar-refractivity contribution is 5.95. The van der Waals surface area contributed by atoms with Crippen LogP contribution >= 0.6 is 0 Å². The number of amides is 1. The Morgan fingerprint density at radius 1 is 1.17 bits per heavy atom. The van der Waals surface area contributed by atoms with Gasteiger partial charge in [0.05, 0.1) is 25.2 Å². The number of aromatic nitrogens is 1. The van der Waals surface area contributed by atoms with Crippen LogP contribution in [0, 0.1) is 11.3 Å². The molecule has 9 heteroatoms. The number of rotatable bonds is 6. The molecule has 2 aromatic carbocycles. The molecule has 0 aliphatic carbocycles. The zero-order valence-electron chi connectivity index (χ0n) is 16.2. The number of alkyl halides is 3. The Kier molecular flexibility index (Phi) is 5.60. The summed E-state index contributed by atoms with van der Waals surface area (Å²) in [5, 5.41) is 13.2. The van der Waals surface area contributed by atoms with Crippen molar-refractivity contribution in [2.45, 2.75) is 25.4 Å². The van der Waals surface area contributed by atoms with Gasteiger partial charge < -0.3 is 19.4 Å². The second kappa shape index (κ2) is 7.99. The Morgan fingerprint density at radius 2 is 1.87 bits per heavy atom. The fourth-order valence-corrected chi connectivity index (χ4v) is 3.09. The normalized spacial score (nSPS) is 13.3. The van der Waals surface area contributed by atoms with E-state index in [1.54, 1.807) is 20.2 Å². The topological polar surface area (TPSA) is 76.3 Å². The van der Waals surface area contributed by atoms with Crippen LogP contribution < -0.4 is 14.8 Å². The highest BCUT2D eigenvalue weighted by Crippen LogP contribution is 2.27. The van der Waals surface area contributed by atoms with Crippen molar-refractivity contribution in [3.63, 3.8) is 0 Å². The molecule has 0 radical (unpaired) electrons. The maximum absolute atomic E-state index is 12.6. The molecule has 0 saturated carbocycles. The lowest BCUT2D eigenvalue weighted by Crippen LogP contribution is -2.47. The second-order valence-corrected chi connectivity index (χ2v) is 6.81. The largest absolute Gasteiger partial charge is 0.573 e. The first-order chi connectivity index (χ1) is 14.1. The summed E-state index contributed by atoms with van der Waals surface area (Å²) in [5.41, 5.74) is -0.337. The summed E-state index contributed by atoms with van der Waals surface area (Å²) < 4.78 is 47.7. The third kappa shape index (κ3) is 4.66. The van der Waals surface area contributed by atoms with Crippen molar-refractivity contribution in [1.82, 2.24) is 9.88 Å². The number of halogens is 3. The van der Waals surface area contributed by atoms with Gasteiger partial charge in [0.15, 0.2) is 0 Å². The molecule has 0 aliphatic heterocycles. The summed E-state index contributed by atoms with van der Waals surface area (Å²) in [7, 11) is 1.57. The fraction of sp³-hybridized carbons (Fsp3) is 0.238. The first kappa shape index (κ1) is 21.0. The van der Waals surface area contributed by atoms with Gasteiger partial charge in [-0.3, -0.25) is 4.79 Å². The molecule has 0 saturated heterocycles. The molecule has 1 atom stereocenters.